The van der Waals surface area contributed by atoms with Crippen molar-refractivity contribution in [3.63, 3.8) is 0 Å². The zero-order valence-electron chi connectivity index (χ0n) is 15.5. The summed E-state index contributed by atoms with van der Waals surface area (Å²) in [6.07, 6.45) is 1.27. The number of halogens is 1. The molecule has 7 nitrogen and oxygen atoms in total. The number of rotatable bonds is 6. The molecule has 0 unspecified atom stereocenters. The van der Waals surface area contributed by atoms with Crippen molar-refractivity contribution in [1.82, 2.24) is 10.2 Å². The molecule has 144 valence electrons. The summed E-state index contributed by atoms with van der Waals surface area (Å²) < 4.78 is 5.47. The molecule has 0 bridgehead atoms. The zero-order chi connectivity index (χ0) is 19.3. The number of nitrogens with zero attached hydrogens (tertiary/aromatic N) is 1. The Morgan fingerprint density at radius 1 is 1.42 bits per heavy atom. The molecule has 1 aromatic rings. The van der Waals surface area contributed by atoms with Crippen LogP contribution in [-0.4, -0.2) is 49.7 Å². The first-order chi connectivity index (χ1) is 12.2. The molecule has 0 radical (unpaired) electrons. The average Bonchev–Trinajstić information content (AvgIpc) is 3.05. The largest absolute Gasteiger partial charge is 0.453 e. The third kappa shape index (κ3) is 5.35. The van der Waals surface area contributed by atoms with Gasteiger partial charge in [0, 0.05) is 34.8 Å². The summed E-state index contributed by atoms with van der Waals surface area (Å²) in [5.74, 6) is -0.103. The van der Waals surface area contributed by atoms with Crippen molar-refractivity contribution in [2.24, 2.45) is 5.73 Å². The number of hydrogen-bond acceptors (Lipinski definition) is 5. The highest BCUT2D eigenvalue weighted by Gasteiger charge is 2.29. The summed E-state index contributed by atoms with van der Waals surface area (Å²) in [5, 5.41) is 5.89. The minimum absolute atomic E-state index is 0.0544. The van der Waals surface area contributed by atoms with Crippen molar-refractivity contribution in [2.45, 2.75) is 38.3 Å². The number of amides is 2. The number of methoxy groups -OCH3 is 1. The molecule has 1 aliphatic rings. The van der Waals surface area contributed by atoms with Crippen molar-refractivity contribution in [1.29, 1.82) is 0 Å². The number of anilines is 1. The van der Waals surface area contributed by atoms with E-state index in [9.17, 15) is 9.59 Å². The molecular formula is C18H27BrN4O3. The van der Waals surface area contributed by atoms with E-state index in [2.05, 4.69) is 31.3 Å². The first-order valence-electron chi connectivity index (χ1n) is 8.66. The fourth-order valence-corrected chi connectivity index (χ4v) is 3.51. The first-order valence-corrected chi connectivity index (χ1v) is 9.45. The van der Waals surface area contributed by atoms with E-state index in [1.54, 1.807) is 0 Å². The number of likely N-dealkylation sites (tertiary alicyclic amines) is 1. The number of hydrogen-bond donors (Lipinski definition) is 3. The van der Waals surface area contributed by atoms with Gasteiger partial charge in [0.1, 0.15) is 6.54 Å². The molecule has 0 spiro atoms. The Balaban J connectivity index is 2.01. The summed E-state index contributed by atoms with van der Waals surface area (Å²) in [6.45, 7) is 5.20. The maximum Gasteiger partial charge on any atom is 0.407 e. The van der Waals surface area contributed by atoms with E-state index >= 15 is 0 Å². The van der Waals surface area contributed by atoms with Gasteiger partial charge >= 0.3 is 6.09 Å². The maximum absolute atomic E-state index is 12.4. The number of ether oxygens (including phenoxy) is 1. The zero-order valence-corrected chi connectivity index (χ0v) is 17.1. The number of alkyl carbamates (subject to hydrolysis) is 1. The van der Waals surface area contributed by atoms with Gasteiger partial charge in [-0.15, -0.1) is 0 Å². The van der Waals surface area contributed by atoms with Crippen LogP contribution < -0.4 is 16.4 Å². The first kappa shape index (κ1) is 20.5. The molecule has 1 fully saturated rings. The molecule has 0 saturated carbocycles. The topological polar surface area (TPSA) is 96.7 Å². The Morgan fingerprint density at radius 2 is 2.15 bits per heavy atom. The predicted octanol–water partition coefficient (Wildman–Crippen LogP) is 2.40. The van der Waals surface area contributed by atoms with Gasteiger partial charge in [-0.05, 0) is 44.4 Å². The summed E-state index contributed by atoms with van der Waals surface area (Å²) in [4.78, 5) is 25.3. The minimum atomic E-state index is -0.601. The Labute approximate surface area is 162 Å². The van der Waals surface area contributed by atoms with E-state index in [0.29, 0.717) is 13.1 Å². The quantitative estimate of drug-likeness (QED) is 0.648. The second-order valence-corrected chi connectivity index (χ2v) is 7.94. The number of carbonyl (C=O) groups excluding carboxylic acids is 2. The highest BCUT2D eigenvalue weighted by Crippen LogP contribution is 2.29. The van der Waals surface area contributed by atoms with Crippen molar-refractivity contribution < 1.29 is 14.3 Å². The number of carbonyl (C=O) groups is 2. The third-order valence-corrected chi connectivity index (χ3v) is 4.96. The lowest BCUT2D eigenvalue weighted by molar-refractivity contribution is -0.130. The lowest BCUT2D eigenvalue weighted by atomic mass is 9.94. The molecule has 1 aliphatic heterocycles. The van der Waals surface area contributed by atoms with E-state index in [4.69, 9.17) is 5.73 Å². The molecule has 2 amide bonds. The van der Waals surface area contributed by atoms with E-state index in [1.165, 1.54) is 7.11 Å². The highest BCUT2D eigenvalue weighted by molar-refractivity contribution is 9.10. The van der Waals surface area contributed by atoms with Crippen LogP contribution in [0.1, 0.15) is 32.3 Å². The normalized spacial score (nSPS) is 17.1. The van der Waals surface area contributed by atoms with Gasteiger partial charge in [0.25, 0.3) is 0 Å². The molecule has 0 aromatic heterocycles. The lowest BCUT2D eigenvalue weighted by Crippen LogP contribution is -2.45. The molecule has 0 aliphatic carbocycles. The summed E-state index contributed by atoms with van der Waals surface area (Å²) >= 11 is 3.50. The van der Waals surface area contributed by atoms with Gasteiger partial charge in [-0.1, -0.05) is 22.0 Å². The summed E-state index contributed by atoms with van der Waals surface area (Å²) in [6, 6.07) is 6.06. The van der Waals surface area contributed by atoms with Gasteiger partial charge in [-0.25, -0.2) is 4.79 Å². The Bertz CT molecular complexity index is 660. The Morgan fingerprint density at radius 3 is 2.81 bits per heavy atom. The predicted molar refractivity (Wildman–Crippen MR) is 105 cm³/mol. The Kier molecular flexibility index (Phi) is 6.88. The fourth-order valence-electron chi connectivity index (χ4n) is 3.15. The van der Waals surface area contributed by atoms with Crippen LogP contribution in [0.5, 0.6) is 0 Å². The summed E-state index contributed by atoms with van der Waals surface area (Å²) in [7, 11) is 1.27. The van der Waals surface area contributed by atoms with Crippen molar-refractivity contribution in [3.8, 4) is 0 Å². The molecule has 2 rings (SSSR count). The smallest absolute Gasteiger partial charge is 0.407 e. The maximum atomic E-state index is 12.4. The van der Waals surface area contributed by atoms with Crippen LogP contribution in [0.25, 0.3) is 0 Å². The van der Waals surface area contributed by atoms with Crippen LogP contribution in [0.15, 0.2) is 22.7 Å². The molecule has 1 aromatic carbocycles. The molecule has 4 N–H and O–H groups in total. The SMILES string of the molecule is COC(=O)NCC(=O)N1CCC[C@H]1CNc1cc(Br)ccc1C(C)(C)N. The Hall–Kier alpha value is -1.80. The van der Waals surface area contributed by atoms with E-state index in [0.717, 1.165) is 28.6 Å². The van der Waals surface area contributed by atoms with Gasteiger partial charge in [-0.2, -0.15) is 0 Å². The van der Waals surface area contributed by atoms with Crippen molar-refractivity contribution >= 4 is 33.6 Å². The highest BCUT2D eigenvalue weighted by atomic mass is 79.9. The second kappa shape index (κ2) is 8.73. The van der Waals surface area contributed by atoms with Gasteiger partial charge in [0.2, 0.25) is 5.91 Å². The second-order valence-electron chi connectivity index (χ2n) is 7.02. The van der Waals surface area contributed by atoms with Gasteiger partial charge < -0.3 is 26.0 Å². The molecule has 1 atom stereocenters. The lowest BCUT2D eigenvalue weighted by Gasteiger charge is -2.28. The van der Waals surface area contributed by atoms with E-state index < -0.39 is 11.6 Å². The average molecular weight is 427 g/mol. The molecule has 1 saturated heterocycles. The van der Waals surface area contributed by atoms with Crippen LogP contribution >= 0.6 is 15.9 Å². The van der Waals surface area contributed by atoms with Crippen LogP contribution in [0, 0.1) is 0 Å². The molecule has 26 heavy (non-hydrogen) atoms. The minimum Gasteiger partial charge on any atom is -0.453 e. The molecule has 1 heterocycles. The summed E-state index contributed by atoms with van der Waals surface area (Å²) in [5.41, 5.74) is 7.78. The van der Waals surface area contributed by atoms with E-state index in [-0.39, 0.29) is 18.5 Å². The van der Waals surface area contributed by atoms with Gasteiger partial charge in [-0.3, -0.25) is 4.79 Å². The fraction of sp³-hybridized carbons (Fsp3) is 0.556. The van der Waals surface area contributed by atoms with Crippen LogP contribution in [0.2, 0.25) is 0 Å². The standard InChI is InChI=1S/C18H27BrN4O3/c1-18(2,20)14-7-6-12(19)9-15(14)21-10-13-5-4-8-23(13)16(24)11-22-17(25)26-3/h6-7,9,13,21H,4-5,8,10-11,20H2,1-3H3,(H,22,25)/t13-/m0/s1. The van der Waals surface area contributed by atoms with Crippen LogP contribution in [-0.2, 0) is 15.1 Å². The third-order valence-electron chi connectivity index (χ3n) is 4.47. The van der Waals surface area contributed by atoms with Gasteiger partial charge in [0.15, 0.2) is 0 Å². The molecular weight excluding hydrogens is 400 g/mol. The van der Waals surface area contributed by atoms with Gasteiger partial charge in [0.05, 0.1) is 7.11 Å². The number of nitrogens with two attached hydrogens (primary N) is 1. The number of benzene rings is 1. The van der Waals surface area contributed by atoms with Crippen LogP contribution in [0.4, 0.5) is 10.5 Å². The van der Waals surface area contributed by atoms with E-state index in [1.807, 2.05) is 36.9 Å². The van der Waals surface area contributed by atoms with Crippen molar-refractivity contribution in [3.05, 3.63) is 28.2 Å². The molecule has 8 heteroatoms. The number of nitrogens with one attached hydrogen (secondary N) is 2. The van der Waals surface area contributed by atoms with Crippen molar-refractivity contribution in [2.75, 3.05) is 32.1 Å². The van der Waals surface area contributed by atoms with Crippen LogP contribution in [0.3, 0.4) is 0 Å². The monoisotopic (exact) mass is 426 g/mol.